The molecule has 31 heavy (non-hydrogen) atoms. The second kappa shape index (κ2) is 8.27. The van der Waals surface area contributed by atoms with Crippen molar-refractivity contribution in [3.63, 3.8) is 0 Å². The number of rotatable bonds is 4. The summed E-state index contributed by atoms with van der Waals surface area (Å²) in [6.45, 7) is 3.60. The van der Waals surface area contributed by atoms with Gasteiger partial charge in [0.2, 0.25) is 5.91 Å². The molecule has 1 aliphatic heterocycles. The molecular weight excluding hydrogens is 380 g/mol. The molecule has 1 unspecified atom stereocenters. The number of nitrogens with zero attached hydrogens (tertiary/aromatic N) is 2. The van der Waals surface area contributed by atoms with Gasteiger partial charge in [0, 0.05) is 25.0 Å². The van der Waals surface area contributed by atoms with Crippen LogP contribution in [0.25, 0.3) is 0 Å². The summed E-state index contributed by atoms with van der Waals surface area (Å²) in [5.41, 5.74) is 5.60. The summed E-state index contributed by atoms with van der Waals surface area (Å²) >= 11 is 0. The lowest BCUT2D eigenvalue weighted by Crippen LogP contribution is -2.44. The van der Waals surface area contributed by atoms with Crippen molar-refractivity contribution in [2.75, 3.05) is 6.54 Å². The maximum Gasteiger partial charge on any atom is 0.235 e. The number of fused-ring (bicyclic) bond motifs is 1. The van der Waals surface area contributed by atoms with E-state index in [4.69, 9.17) is 0 Å². The lowest BCUT2D eigenvalue weighted by atomic mass is 9.88. The van der Waals surface area contributed by atoms with Crippen LogP contribution in [0.3, 0.4) is 0 Å². The van der Waals surface area contributed by atoms with Crippen LogP contribution < -0.4 is 0 Å². The normalized spacial score (nSPS) is 15.7. The Morgan fingerprint density at radius 1 is 0.774 bits per heavy atom. The van der Waals surface area contributed by atoms with E-state index >= 15 is 0 Å². The molecule has 0 bridgehead atoms. The van der Waals surface area contributed by atoms with E-state index in [1.807, 2.05) is 36.4 Å². The van der Waals surface area contributed by atoms with Crippen LogP contribution in [0.1, 0.15) is 39.9 Å². The van der Waals surface area contributed by atoms with Gasteiger partial charge in [0.25, 0.3) is 0 Å². The van der Waals surface area contributed by atoms with Gasteiger partial charge < -0.3 is 9.47 Å². The van der Waals surface area contributed by atoms with Crippen LogP contribution in [0.15, 0.2) is 103 Å². The van der Waals surface area contributed by atoms with Crippen molar-refractivity contribution in [3.8, 4) is 0 Å². The van der Waals surface area contributed by atoms with Gasteiger partial charge in [-0.15, -0.1) is 0 Å². The van der Waals surface area contributed by atoms with E-state index in [0.29, 0.717) is 6.54 Å². The first-order valence-corrected chi connectivity index (χ1v) is 10.8. The van der Waals surface area contributed by atoms with E-state index < -0.39 is 0 Å². The summed E-state index contributed by atoms with van der Waals surface area (Å²) < 4.78 is 2.27. The first kappa shape index (κ1) is 19.4. The molecule has 0 N–H and O–H groups in total. The third-order valence-electron chi connectivity index (χ3n) is 6.23. The first-order valence-electron chi connectivity index (χ1n) is 10.8. The molecule has 0 aliphatic carbocycles. The highest BCUT2D eigenvalue weighted by atomic mass is 16.2. The van der Waals surface area contributed by atoms with Crippen LogP contribution in [-0.2, 0) is 11.3 Å². The number of benzene rings is 3. The minimum Gasteiger partial charge on any atom is -0.348 e. The highest BCUT2D eigenvalue weighted by Crippen LogP contribution is 2.36. The lowest BCUT2D eigenvalue weighted by molar-refractivity contribution is -0.134. The van der Waals surface area contributed by atoms with Crippen molar-refractivity contribution in [2.45, 2.75) is 25.4 Å². The first-order chi connectivity index (χ1) is 15.2. The number of hydrogen-bond acceptors (Lipinski definition) is 1. The monoisotopic (exact) mass is 406 g/mol. The van der Waals surface area contributed by atoms with Gasteiger partial charge in [-0.1, -0.05) is 90.5 Å². The maximum atomic E-state index is 14.2. The number of hydrogen-bond donors (Lipinski definition) is 0. The standard InChI is InChI=1S/C28H26N2O/c1-21-14-16-24(17-15-21)27-25-13-8-18-29(25)19-20-30(27)28(31)26(22-9-4-2-5-10-22)23-11-6-3-7-12-23/h2-18,26-27H,19-20H2,1H3. The van der Waals surface area contributed by atoms with Gasteiger partial charge >= 0.3 is 0 Å². The fraction of sp³-hybridized carbons (Fsp3) is 0.179. The molecule has 0 saturated carbocycles. The number of aromatic nitrogens is 1. The van der Waals surface area contributed by atoms with Crippen LogP contribution in [0, 0.1) is 6.92 Å². The van der Waals surface area contributed by atoms with Crippen LogP contribution in [0.2, 0.25) is 0 Å². The van der Waals surface area contributed by atoms with Gasteiger partial charge in [-0.3, -0.25) is 4.79 Å². The Labute approximate surface area is 183 Å². The Hall–Kier alpha value is -3.59. The van der Waals surface area contributed by atoms with Gasteiger partial charge in [-0.25, -0.2) is 0 Å². The molecule has 1 aliphatic rings. The topological polar surface area (TPSA) is 25.2 Å². The maximum absolute atomic E-state index is 14.2. The third kappa shape index (κ3) is 3.68. The largest absolute Gasteiger partial charge is 0.348 e. The minimum atomic E-state index is -0.322. The van der Waals surface area contributed by atoms with Gasteiger partial charge in [0.05, 0.1) is 12.0 Å². The van der Waals surface area contributed by atoms with Gasteiger partial charge in [0.1, 0.15) is 0 Å². The summed E-state index contributed by atoms with van der Waals surface area (Å²) in [6, 6.07) is 33.0. The van der Waals surface area contributed by atoms with Crippen LogP contribution in [-0.4, -0.2) is 21.9 Å². The lowest BCUT2D eigenvalue weighted by Gasteiger charge is -2.39. The average Bonchev–Trinajstić information content (AvgIpc) is 3.30. The molecule has 154 valence electrons. The molecule has 2 heterocycles. The molecular formula is C28H26N2O. The second-order valence-electron chi connectivity index (χ2n) is 8.23. The molecule has 1 amide bonds. The van der Waals surface area contributed by atoms with Gasteiger partial charge in [0.15, 0.2) is 0 Å². The predicted octanol–water partition coefficient (Wildman–Crippen LogP) is 5.56. The van der Waals surface area contributed by atoms with Crippen molar-refractivity contribution in [1.82, 2.24) is 9.47 Å². The van der Waals surface area contributed by atoms with Crippen molar-refractivity contribution in [1.29, 1.82) is 0 Å². The third-order valence-corrected chi connectivity index (χ3v) is 6.23. The highest BCUT2D eigenvalue weighted by Gasteiger charge is 2.36. The van der Waals surface area contributed by atoms with E-state index in [-0.39, 0.29) is 17.9 Å². The van der Waals surface area contributed by atoms with Crippen LogP contribution >= 0.6 is 0 Å². The smallest absolute Gasteiger partial charge is 0.235 e. The van der Waals surface area contributed by atoms with E-state index in [2.05, 4.69) is 83.3 Å². The summed E-state index contributed by atoms with van der Waals surface area (Å²) in [5.74, 6) is -0.174. The summed E-state index contributed by atoms with van der Waals surface area (Å²) in [6.07, 6.45) is 2.12. The number of aryl methyl sites for hydroxylation is 1. The Morgan fingerprint density at radius 2 is 1.39 bits per heavy atom. The van der Waals surface area contributed by atoms with Crippen molar-refractivity contribution >= 4 is 5.91 Å². The fourth-order valence-electron chi connectivity index (χ4n) is 4.65. The van der Waals surface area contributed by atoms with E-state index in [0.717, 1.165) is 23.2 Å². The van der Waals surface area contributed by atoms with E-state index in [1.54, 1.807) is 0 Å². The van der Waals surface area contributed by atoms with E-state index in [9.17, 15) is 4.79 Å². The SMILES string of the molecule is Cc1ccc(C2c3cccn3CCN2C(=O)C(c2ccccc2)c2ccccc2)cc1. The second-order valence-corrected chi connectivity index (χ2v) is 8.23. The Bertz CT molecular complexity index is 1120. The Kier molecular flexibility index (Phi) is 5.17. The summed E-state index contributed by atoms with van der Waals surface area (Å²) in [7, 11) is 0. The van der Waals surface area contributed by atoms with Crippen molar-refractivity contribution < 1.29 is 4.79 Å². The molecule has 4 aromatic rings. The molecule has 0 fully saturated rings. The highest BCUT2D eigenvalue weighted by molar-refractivity contribution is 5.88. The van der Waals surface area contributed by atoms with Gasteiger partial charge in [-0.05, 0) is 35.7 Å². The molecule has 0 saturated heterocycles. The molecule has 5 rings (SSSR count). The van der Waals surface area contributed by atoms with Crippen LogP contribution in [0.5, 0.6) is 0 Å². The Balaban J connectivity index is 1.60. The minimum absolute atomic E-state index is 0.0909. The number of carbonyl (C=O) groups is 1. The van der Waals surface area contributed by atoms with E-state index in [1.165, 1.54) is 11.3 Å². The Morgan fingerprint density at radius 3 is 2.00 bits per heavy atom. The van der Waals surface area contributed by atoms with Crippen molar-refractivity contribution in [2.24, 2.45) is 0 Å². The zero-order chi connectivity index (χ0) is 21.2. The van der Waals surface area contributed by atoms with Crippen molar-refractivity contribution in [3.05, 3.63) is 131 Å². The quantitative estimate of drug-likeness (QED) is 0.436. The molecule has 1 aromatic heterocycles. The zero-order valence-corrected chi connectivity index (χ0v) is 17.7. The average molecular weight is 407 g/mol. The molecule has 3 aromatic carbocycles. The fourth-order valence-corrected chi connectivity index (χ4v) is 4.65. The molecule has 0 spiro atoms. The summed E-state index contributed by atoms with van der Waals surface area (Å²) in [4.78, 5) is 16.3. The van der Waals surface area contributed by atoms with Crippen LogP contribution in [0.4, 0.5) is 0 Å². The number of amides is 1. The summed E-state index contributed by atoms with van der Waals surface area (Å²) in [5, 5.41) is 0. The zero-order valence-electron chi connectivity index (χ0n) is 17.7. The molecule has 0 radical (unpaired) electrons. The molecule has 3 heteroatoms. The molecule has 3 nitrogen and oxygen atoms in total. The molecule has 1 atom stereocenters. The van der Waals surface area contributed by atoms with Gasteiger partial charge in [-0.2, -0.15) is 0 Å². The predicted molar refractivity (Wildman–Crippen MR) is 124 cm³/mol. The number of carbonyl (C=O) groups excluding carboxylic acids is 1.